The lowest BCUT2D eigenvalue weighted by Crippen LogP contribution is -3.13. The van der Waals surface area contributed by atoms with Crippen molar-refractivity contribution in [3.8, 4) is 5.75 Å². The predicted molar refractivity (Wildman–Crippen MR) is 88.7 cm³/mol. The van der Waals surface area contributed by atoms with E-state index in [0.717, 1.165) is 18.8 Å². The third-order valence-electron chi connectivity index (χ3n) is 4.29. The number of piperazine rings is 1. The Labute approximate surface area is 130 Å². The predicted octanol–water partition coefficient (Wildman–Crippen LogP) is 1.97. The van der Waals surface area contributed by atoms with Crippen molar-refractivity contribution >= 4 is 17.0 Å². The van der Waals surface area contributed by atoms with Gasteiger partial charge in [0.05, 0.1) is 38.2 Å². The molecule has 2 heterocycles. The molecule has 1 aromatic heterocycles. The Kier molecular flexibility index (Phi) is 4.46. The molecule has 0 atom stereocenters. The summed E-state index contributed by atoms with van der Waals surface area (Å²) in [6.45, 7) is 8.09. The number of nitrogens with zero attached hydrogens (tertiary/aromatic N) is 1. The van der Waals surface area contributed by atoms with Crippen molar-refractivity contribution in [2.75, 3.05) is 38.2 Å². The van der Waals surface area contributed by atoms with E-state index in [0.29, 0.717) is 0 Å². The van der Waals surface area contributed by atoms with Crippen molar-refractivity contribution in [2.45, 2.75) is 13.5 Å². The second kappa shape index (κ2) is 6.50. The quantitative estimate of drug-likeness (QED) is 0.930. The molecule has 112 valence electrons. The molecule has 2 aromatic rings. The first-order chi connectivity index (χ1) is 10.3. The second-order valence-electron chi connectivity index (χ2n) is 5.64. The van der Waals surface area contributed by atoms with Crippen LogP contribution < -0.4 is 14.5 Å². The highest BCUT2D eigenvalue weighted by Crippen LogP contribution is 2.19. The Balaban J connectivity index is 1.56. The zero-order valence-corrected chi connectivity index (χ0v) is 13.6. The van der Waals surface area contributed by atoms with Crippen LogP contribution in [0.5, 0.6) is 5.75 Å². The van der Waals surface area contributed by atoms with Gasteiger partial charge in [0.1, 0.15) is 12.3 Å². The molecule has 1 N–H and O–H groups in total. The van der Waals surface area contributed by atoms with E-state index < -0.39 is 0 Å². The molecule has 21 heavy (non-hydrogen) atoms. The molecule has 1 aromatic carbocycles. The number of methoxy groups -OCH3 is 1. The van der Waals surface area contributed by atoms with Crippen LogP contribution in [0.4, 0.5) is 5.69 Å². The van der Waals surface area contributed by atoms with Gasteiger partial charge in [0.15, 0.2) is 0 Å². The van der Waals surface area contributed by atoms with E-state index in [1.807, 2.05) is 23.5 Å². The molecule has 0 unspecified atom stereocenters. The molecule has 0 amide bonds. The molecular formula is C17H23N2OS+. The van der Waals surface area contributed by atoms with E-state index in [-0.39, 0.29) is 0 Å². The van der Waals surface area contributed by atoms with Crippen LogP contribution in [0, 0.1) is 6.92 Å². The molecular weight excluding hydrogens is 280 g/mol. The molecule has 1 fully saturated rings. The number of benzene rings is 1. The van der Waals surface area contributed by atoms with Crippen molar-refractivity contribution in [1.29, 1.82) is 0 Å². The number of aryl methyl sites for hydroxylation is 1. The molecule has 3 rings (SSSR count). The highest BCUT2D eigenvalue weighted by Gasteiger charge is 2.21. The number of anilines is 1. The number of thiophene rings is 1. The summed E-state index contributed by atoms with van der Waals surface area (Å²) in [5.74, 6) is 0.927. The molecule has 1 aliphatic rings. The number of hydrogen-bond acceptors (Lipinski definition) is 3. The number of nitrogens with one attached hydrogen (secondary N) is 1. The molecule has 0 radical (unpaired) electrons. The Morgan fingerprint density at radius 2 is 1.86 bits per heavy atom. The zero-order valence-electron chi connectivity index (χ0n) is 12.8. The maximum atomic E-state index is 5.22. The first-order valence-electron chi connectivity index (χ1n) is 7.52. The van der Waals surface area contributed by atoms with E-state index >= 15 is 0 Å². The van der Waals surface area contributed by atoms with Crippen LogP contribution in [0.15, 0.2) is 35.7 Å². The Hall–Kier alpha value is -1.52. The van der Waals surface area contributed by atoms with Crippen LogP contribution >= 0.6 is 11.3 Å². The van der Waals surface area contributed by atoms with Crippen LogP contribution in [-0.2, 0) is 6.54 Å². The summed E-state index contributed by atoms with van der Waals surface area (Å²) in [7, 11) is 1.71. The van der Waals surface area contributed by atoms with Gasteiger partial charge in [0.25, 0.3) is 0 Å². The summed E-state index contributed by atoms with van der Waals surface area (Å²) < 4.78 is 5.22. The molecule has 0 saturated carbocycles. The molecule has 4 heteroatoms. The highest BCUT2D eigenvalue weighted by atomic mass is 32.1. The fraction of sp³-hybridized carbons (Fsp3) is 0.412. The smallest absolute Gasteiger partial charge is 0.119 e. The minimum atomic E-state index is 0.927. The maximum absolute atomic E-state index is 5.22. The van der Waals surface area contributed by atoms with Crippen molar-refractivity contribution in [2.24, 2.45) is 0 Å². The van der Waals surface area contributed by atoms with Crippen LogP contribution in [0.3, 0.4) is 0 Å². The minimum Gasteiger partial charge on any atom is -0.497 e. The summed E-state index contributed by atoms with van der Waals surface area (Å²) >= 11 is 1.90. The lowest BCUT2D eigenvalue weighted by atomic mass is 10.2. The van der Waals surface area contributed by atoms with Crippen LogP contribution in [-0.4, -0.2) is 33.3 Å². The first-order valence-corrected chi connectivity index (χ1v) is 8.40. The molecule has 0 spiro atoms. The fourth-order valence-corrected chi connectivity index (χ4v) is 3.84. The molecule has 1 saturated heterocycles. The molecule has 3 nitrogen and oxygen atoms in total. The largest absolute Gasteiger partial charge is 0.497 e. The van der Waals surface area contributed by atoms with Gasteiger partial charge in [-0.25, -0.2) is 0 Å². The number of quaternary nitrogens is 1. The number of rotatable bonds is 4. The summed E-state index contributed by atoms with van der Waals surface area (Å²) in [6.07, 6.45) is 0. The van der Waals surface area contributed by atoms with Gasteiger partial charge >= 0.3 is 0 Å². The summed E-state index contributed by atoms with van der Waals surface area (Å²) in [6, 6.07) is 10.6. The summed E-state index contributed by atoms with van der Waals surface area (Å²) in [5, 5.41) is 2.21. The van der Waals surface area contributed by atoms with E-state index in [9.17, 15) is 0 Å². The lowest BCUT2D eigenvalue weighted by molar-refractivity contribution is -0.914. The average Bonchev–Trinajstić information content (AvgIpc) is 2.93. The van der Waals surface area contributed by atoms with Crippen LogP contribution in [0.25, 0.3) is 0 Å². The Morgan fingerprint density at radius 3 is 2.43 bits per heavy atom. The van der Waals surface area contributed by atoms with Gasteiger partial charge in [-0.05, 0) is 48.2 Å². The number of ether oxygens (including phenoxy) is 1. The van der Waals surface area contributed by atoms with Gasteiger partial charge in [0.2, 0.25) is 0 Å². The van der Waals surface area contributed by atoms with Gasteiger partial charge < -0.3 is 14.5 Å². The SMILES string of the molecule is COc1ccc(N2CC[NH+](Cc3sccc3C)CC2)cc1. The molecule has 1 aliphatic heterocycles. The van der Waals surface area contributed by atoms with Gasteiger partial charge in [-0.2, -0.15) is 0 Å². The number of hydrogen-bond donors (Lipinski definition) is 1. The van der Waals surface area contributed by atoms with E-state index in [1.165, 1.54) is 30.9 Å². The van der Waals surface area contributed by atoms with Crippen molar-refractivity contribution < 1.29 is 9.64 Å². The van der Waals surface area contributed by atoms with Crippen molar-refractivity contribution in [3.05, 3.63) is 46.2 Å². The standard InChI is InChI=1S/C17H22N2OS/c1-14-7-12-21-17(14)13-18-8-10-19(11-9-18)15-3-5-16(20-2)6-4-15/h3-7,12H,8-11,13H2,1-2H3/p+1. The molecule has 0 aliphatic carbocycles. The summed E-state index contributed by atoms with van der Waals surface area (Å²) in [5.41, 5.74) is 2.76. The van der Waals surface area contributed by atoms with Gasteiger partial charge in [-0.15, -0.1) is 11.3 Å². The van der Waals surface area contributed by atoms with Gasteiger partial charge in [0, 0.05) is 5.69 Å². The van der Waals surface area contributed by atoms with E-state index in [1.54, 1.807) is 16.9 Å². The Bertz CT molecular complexity index is 571. The zero-order chi connectivity index (χ0) is 14.7. The maximum Gasteiger partial charge on any atom is 0.119 e. The molecule has 0 bridgehead atoms. The van der Waals surface area contributed by atoms with Crippen LogP contribution in [0.2, 0.25) is 0 Å². The van der Waals surface area contributed by atoms with E-state index in [4.69, 9.17) is 4.74 Å². The van der Waals surface area contributed by atoms with Gasteiger partial charge in [-0.1, -0.05) is 0 Å². The topological polar surface area (TPSA) is 16.9 Å². The van der Waals surface area contributed by atoms with Crippen LogP contribution in [0.1, 0.15) is 10.4 Å². The Morgan fingerprint density at radius 1 is 1.14 bits per heavy atom. The normalized spacial score (nSPS) is 16.2. The highest BCUT2D eigenvalue weighted by molar-refractivity contribution is 7.10. The van der Waals surface area contributed by atoms with E-state index in [2.05, 4.69) is 35.4 Å². The monoisotopic (exact) mass is 303 g/mol. The van der Waals surface area contributed by atoms with Crippen molar-refractivity contribution in [1.82, 2.24) is 0 Å². The lowest BCUT2D eigenvalue weighted by Gasteiger charge is -2.33. The van der Waals surface area contributed by atoms with Crippen molar-refractivity contribution in [3.63, 3.8) is 0 Å². The van der Waals surface area contributed by atoms with Gasteiger partial charge in [-0.3, -0.25) is 0 Å². The average molecular weight is 303 g/mol. The fourth-order valence-electron chi connectivity index (χ4n) is 2.86. The third-order valence-corrected chi connectivity index (χ3v) is 5.31. The second-order valence-corrected chi connectivity index (χ2v) is 6.64. The first kappa shape index (κ1) is 14.4. The third kappa shape index (κ3) is 3.39. The summed E-state index contributed by atoms with van der Waals surface area (Å²) in [4.78, 5) is 5.72. The minimum absolute atomic E-state index is 0.927.